The predicted molar refractivity (Wildman–Crippen MR) is 121 cm³/mol. The van der Waals surface area contributed by atoms with Crippen LogP contribution in [0.5, 0.6) is 5.75 Å². The van der Waals surface area contributed by atoms with Crippen molar-refractivity contribution >= 4 is 0 Å². The standard InChI is InChI=1S/C27H36N2O3/c1-30-21-5-4-20-13-24-15-26(22(20)12-21)16-25(29-8-10-31-11-9-29)6-7-27(26,32-18-25)23(24)28(17-24)14-19-2-3-19/h4-5,12,19,23H,2-3,6-11,13-18H2,1H3/t23-,24?,25?,26-,27-/m1/s1. The van der Waals surface area contributed by atoms with Gasteiger partial charge in [-0.15, -0.1) is 0 Å². The Balaban J connectivity index is 1.28. The van der Waals surface area contributed by atoms with E-state index < -0.39 is 0 Å². The van der Waals surface area contributed by atoms with Gasteiger partial charge in [0.1, 0.15) is 5.75 Å². The molecule has 4 saturated heterocycles. The van der Waals surface area contributed by atoms with Crippen LogP contribution < -0.4 is 4.74 Å². The van der Waals surface area contributed by atoms with Gasteiger partial charge in [0.05, 0.1) is 32.5 Å². The van der Waals surface area contributed by atoms with Crippen LogP contribution in [0.4, 0.5) is 0 Å². The molecular formula is C27H36N2O3. The van der Waals surface area contributed by atoms with E-state index in [1.807, 2.05) is 7.11 Å². The Kier molecular flexibility index (Phi) is 3.66. The Hall–Kier alpha value is -1.14. The Morgan fingerprint density at radius 1 is 1.12 bits per heavy atom. The second-order valence-corrected chi connectivity index (χ2v) is 12.3. The third kappa shape index (κ3) is 2.16. The Bertz CT molecular complexity index is 962. The molecule has 0 N–H and O–H groups in total. The molecule has 5 atom stereocenters. The fraction of sp³-hybridized carbons (Fsp3) is 0.778. The molecule has 4 heterocycles. The molecule has 4 bridgehead atoms. The Morgan fingerprint density at radius 2 is 2.00 bits per heavy atom. The normalized spacial score (nSPS) is 46.8. The number of hydrogen-bond acceptors (Lipinski definition) is 5. The molecule has 1 aromatic carbocycles. The van der Waals surface area contributed by atoms with E-state index in [1.165, 1.54) is 58.0 Å². The van der Waals surface area contributed by atoms with Gasteiger partial charge in [-0.05, 0) is 74.1 Å². The van der Waals surface area contributed by atoms with Crippen molar-refractivity contribution < 1.29 is 14.2 Å². The van der Waals surface area contributed by atoms with Crippen LogP contribution in [0.25, 0.3) is 0 Å². The van der Waals surface area contributed by atoms with Crippen LogP contribution in [0.1, 0.15) is 49.7 Å². The highest BCUT2D eigenvalue weighted by Crippen LogP contribution is 2.76. The van der Waals surface area contributed by atoms with Crippen LogP contribution in [0, 0.1) is 11.3 Å². The minimum atomic E-state index is -0.00814. The lowest BCUT2D eigenvalue weighted by atomic mass is 9.52. The van der Waals surface area contributed by atoms with E-state index in [4.69, 9.17) is 14.2 Å². The number of likely N-dealkylation sites (tertiary alicyclic amines) is 1. The largest absolute Gasteiger partial charge is 0.497 e. The lowest BCUT2D eigenvalue weighted by Gasteiger charge is -2.67. The molecule has 4 aliphatic carbocycles. The van der Waals surface area contributed by atoms with Gasteiger partial charge in [0, 0.05) is 48.6 Å². The van der Waals surface area contributed by atoms with E-state index in [-0.39, 0.29) is 16.6 Å². The zero-order valence-corrected chi connectivity index (χ0v) is 19.4. The van der Waals surface area contributed by atoms with Gasteiger partial charge in [0.25, 0.3) is 0 Å². The van der Waals surface area contributed by atoms with Gasteiger partial charge < -0.3 is 14.2 Å². The second kappa shape index (κ2) is 6.10. The van der Waals surface area contributed by atoms with Crippen molar-refractivity contribution in [3.63, 3.8) is 0 Å². The number of benzene rings is 1. The first-order chi connectivity index (χ1) is 15.6. The van der Waals surface area contributed by atoms with Gasteiger partial charge >= 0.3 is 0 Å². The lowest BCUT2D eigenvalue weighted by Crippen LogP contribution is -2.77. The predicted octanol–water partition coefficient (Wildman–Crippen LogP) is 3.00. The summed E-state index contributed by atoms with van der Waals surface area (Å²) in [5, 5.41) is 0. The topological polar surface area (TPSA) is 34.2 Å². The summed E-state index contributed by atoms with van der Waals surface area (Å²) in [4.78, 5) is 5.62. The van der Waals surface area contributed by atoms with Crippen molar-refractivity contribution in [1.82, 2.24) is 9.80 Å². The molecule has 1 aromatic rings. The van der Waals surface area contributed by atoms with Gasteiger partial charge in [0.2, 0.25) is 0 Å². The maximum atomic E-state index is 7.28. The van der Waals surface area contributed by atoms with E-state index in [2.05, 4.69) is 28.0 Å². The summed E-state index contributed by atoms with van der Waals surface area (Å²) in [6.07, 6.45) is 9.19. The maximum absolute atomic E-state index is 7.28. The first kappa shape index (κ1) is 19.2. The average Bonchev–Trinajstić information content (AvgIpc) is 3.62. The van der Waals surface area contributed by atoms with E-state index >= 15 is 0 Å². The zero-order valence-electron chi connectivity index (χ0n) is 19.4. The summed E-state index contributed by atoms with van der Waals surface area (Å²) in [5.41, 5.74) is 3.87. The van der Waals surface area contributed by atoms with Crippen LogP contribution >= 0.6 is 0 Å². The molecule has 7 fully saturated rings. The molecular weight excluding hydrogens is 400 g/mol. The molecule has 0 radical (unpaired) electrons. The molecule has 8 aliphatic rings. The molecule has 172 valence electrons. The number of ether oxygens (including phenoxy) is 3. The summed E-state index contributed by atoms with van der Waals surface area (Å²) >= 11 is 0. The Labute approximate surface area is 191 Å². The molecule has 5 heteroatoms. The average molecular weight is 437 g/mol. The third-order valence-electron chi connectivity index (χ3n) is 10.8. The first-order valence-electron chi connectivity index (χ1n) is 13.0. The van der Waals surface area contributed by atoms with Gasteiger partial charge in [-0.3, -0.25) is 9.80 Å². The molecule has 4 aliphatic heterocycles. The second-order valence-electron chi connectivity index (χ2n) is 12.3. The van der Waals surface area contributed by atoms with E-state index in [0.29, 0.717) is 11.5 Å². The highest BCUT2D eigenvalue weighted by Gasteiger charge is 2.82. The number of nitrogens with zero attached hydrogens (tertiary/aromatic N) is 2. The smallest absolute Gasteiger partial charge is 0.119 e. The summed E-state index contributed by atoms with van der Waals surface area (Å²) in [7, 11) is 1.81. The number of hydrogen-bond donors (Lipinski definition) is 0. The van der Waals surface area contributed by atoms with Crippen LogP contribution in [0.2, 0.25) is 0 Å². The molecule has 5 nitrogen and oxygen atoms in total. The van der Waals surface area contributed by atoms with Gasteiger partial charge in [-0.2, -0.15) is 0 Å². The molecule has 0 aromatic heterocycles. The van der Waals surface area contributed by atoms with Gasteiger partial charge in [-0.25, -0.2) is 0 Å². The number of fused-ring (bicyclic) bond motifs is 3. The van der Waals surface area contributed by atoms with Crippen molar-refractivity contribution in [1.29, 1.82) is 0 Å². The van der Waals surface area contributed by atoms with Gasteiger partial charge in [-0.1, -0.05) is 6.07 Å². The highest BCUT2D eigenvalue weighted by molar-refractivity contribution is 5.54. The maximum Gasteiger partial charge on any atom is 0.119 e. The van der Waals surface area contributed by atoms with Crippen molar-refractivity contribution in [3.8, 4) is 5.75 Å². The van der Waals surface area contributed by atoms with Crippen molar-refractivity contribution in [2.24, 2.45) is 11.3 Å². The monoisotopic (exact) mass is 436 g/mol. The zero-order chi connectivity index (χ0) is 21.2. The van der Waals surface area contributed by atoms with Gasteiger partial charge in [0.15, 0.2) is 0 Å². The SMILES string of the molecule is COc1ccc2c(c1)[C@]13CC4(C2)CN(CC2CC2)[C@H]4[C@]12CCC(N1CCOCC1)(CO2)C3. The fourth-order valence-electron chi connectivity index (χ4n) is 9.64. The minimum Gasteiger partial charge on any atom is -0.497 e. The number of rotatable bonds is 4. The van der Waals surface area contributed by atoms with Crippen molar-refractivity contribution in [3.05, 3.63) is 29.3 Å². The highest BCUT2D eigenvalue weighted by atomic mass is 16.5. The van der Waals surface area contributed by atoms with E-state index in [1.54, 1.807) is 11.1 Å². The summed E-state index contributed by atoms with van der Waals surface area (Å²) in [6, 6.07) is 7.59. The third-order valence-corrected chi connectivity index (χ3v) is 10.8. The van der Waals surface area contributed by atoms with Crippen LogP contribution in [0.3, 0.4) is 0 Å². The van der Waals surface area contributed by atoms with Crippen LogP contribution in [0.15, 0.2) is 18.2 Å². The molecule has 2 unspecified atom stereocenters. The number of morpholine rings is 1. The first-order valence-corrected chi connectivity index (χ1v) is 13.0. The fourth-order valence-corrected chi connectivity index (χ4v) is 9.64. The molecule has 32 heavy (non-hydrogen) atoms. The lowest BCUT2D eigenvalue weighted by molar-refractivity contribution is -0.261. The quantitative estimate of drug-likeness (QED) is 0.725. The van der Waals surface area contributed by atoms with Crippen molar-refractivity contribution in [2.45, 2.75) is 67.5 Å². The molecule has 3 saturated carbocycles. The minimum absolute atomic E-state index is 0.00814. The number of methoxy groups -OCH3 is 1. The summed E-state index contributed by atoms with van der Waals surface area (Å²) in [6.45, 7) is 7.36. The van der Waals surface area contributed by atoms with E-state index in [0.717, 1.165) is 44.6 Å². The van der Waals surface area contributed by atoms with E-state index in [9.17, 15) is 0 Å². The summed E-state index contributed by atoms with van der Waals surface area (Å²) < 4.78 is 18.8. The molecule has 3 spiro atoms. The Morgan fingerprint density at radius 3 is 2.75 bits per heavy atom. The summed E-state index contributed by atoms with van der Waals surface area (Å²) in [5.74, 6) is 1.96. The van der Waals surface area contributed by atoms with Crippen LogP contribution in [-0.2, 0) is 21.3 Å². The molecule has 9 rings (SSSR count). The van der Waals surface area contributed by atoms with Crippen molar-refractivity contribution in [2.75, 3.05) is 53.1 Å². The van der Waals surface area contributed by atoms with Crippen LogP contribution in [-0.4, -0.2) is 80.1 Å². The molecule has 0 amide bonds.